The Morgan fingerprint density at radius 3 is 2.48 bits per heavy atom. The maximum absolute atomic E-state index is 13.0. The van der Waals surface area contributed by atoms with Gasteiger partial charge in [-0.05, 0) is 56.5 Å². The van der Waals surface area contributed by atoms with Gasteiger partial charge in [-0.3, -0.25) is 4.79 Å². The van der Waals surface area contributed by atoms with Crippen molar-refractivity contribution < 1.29 is 19.0 Å². The minimum Gasteiger partial charge on any atom is -0.497 e. The molecule has 0 saturated heterocycles. The smallest absolute Gasteiger partial charge is 0.261 e. The van der Waals surface area contributed by atoms with Gasteiger partial charge in [0.15, 0.2) is 6.10 Å². The lowest BCUT2D eigenvalue weighted by Crippen LogP contribution is -2.45. The fraction of sp³-hybridized carbons (Fsp3) is 0.458. The van der Waals surface area contributed by atoms with E-state index in [0.29, 0.717) is 18.6 Å². The molecule has 0 unspecified atom stereocenters. The van der Waals surface area contributed by atoms with Crippen LogP contribution in [0.15, 0.2) is 42.5 Å². The van der Waals surface area contributed by atoms with Crippen LogP contribution in [0.25, 0.3) is 0 Å². The first-order valence-corrected chi connectivity index (χ1v) is 10.3. The molecule has 0 spiro atoms. The third-order valence-corrected chi connectivity index (χ3v) is 5.27. The number of amides is 1. The summed E-state index contributed by atoms with van der Waals surface area (Å²) >= 11 is 0. The molecule has 2 aromatic carbocycles. The van der Waals surface area contributed by atoms with Crippen LogP contribution in [0.5, 0.6) is 17.2 Å². The number of methoxy groups -OCH3 is 1. The van der Waals surface area contributed by atoms with Gasteiger partial charge in [-0.25, -0.2) is 0 Å². The lowest BCUT2D eigenvalue weighted by Gasteiger charge is -2.38. The van der Waals surface area contributed by atoms with Gasteiger partial charge in [0, 0.05) is 18.1 Å². The number of benzene rings is 2. The van der Waals surface area contributed by atoms with Crippen molar-refractivity contribution in [1.82, 2.24) is 5.32 Å². The maximum Gasteiger partial charge on any atom is 0.261 e. The van der Waals surface area contributed by atoms with Crippen LogP contribution in [0.2, 0.25) is 0 Å². The van der Waals surface area contributed by atoms with Crippen LogP contribution in [0.1, 0.15) is 57.7 Å². The standard InChI is InChI=1S/C24H31NO4/c1-6-16-8-10-17(11-9-16)28-21(7-2)23(26)25-20-15-24(3,4)29-22-14-18(27-5)12-13-19(20)22/h8-14,20-21H,6-7,15H2,1-5H3,(H,25,26)/t20-,21-/m1/s1. The van der Waals surface area contributed by atoms with Crippen LogP contribution >= 0.6 is 0 Å². The number of carbonyl (C=O) groups excluding carboxylic acids is 1. The number of rotatable bonds is 7. The first-order chi connectivity index (χ1) is 13.8. The van der Waals surface area contributed by atoms with E-state index < -0.39 is 11.7 Å². The molecule has 0 saturated carbocycles. The Bertz CT molecular complexity index is 844. The van der Waals surface area contributed by atoms with Gasteiger partial charge in [-0.15, -0.1) is 0 Å². The maximum atomic E-state index is 13.0. The highest BCUT2D eigenvalue weighted by atomic mass is 16.5. The molecule has 3 rings (SSSR count). The quantitative estimate of drug-likeness (QED) is 0.727. The second kappa shape index (κ2) is 8.76. The predicted octanol–water partition coefficient (Wildman–Crippen LogP) is 4.83. The highest BCUT2D eigenvalue weighted by molar-refractivity contribution is 5.81. The highest BCUT2D eigenvalue weighted by Gasteiger charge is 2.36. The molecule has 29 heavy (non-hydrogen) atoms. The van der Waals surface area contributed by atoms with Crippen molar-refractivity contribution in [2.75, 3.05) is 7.11 Å². The van der Waals surface area contributed by atoms with Crippen molar-refractivity contribution in [3.8, 4) is 17.2 Å². The van der Waals surface area contributed by atoms with Crippen LogP contribution in [0.3, 0.4) is 0 Å². The van der Waals surface area contributed by atoms with Crippen LogP contribution in [0, 0.1) is 0 Å². The number of hydrogen-bond donors (Lipinski definition) is 1. The zero-order valence-corrected chi connectivity index (χ0v) is 18.0. The van der Waals surface area contributed by atoms with E-state index in [1.807, 2.05) is 63.2 Å². The molecule has 0 aliphatic carbocycles. The summed E-state index contributed by atoms with van der Waals surface area (Å²) in [6.45, 7) is 8.12. The summed E-state index contributed by atoms with van der Waals surface area (Å²) in [5.41, 5.74) is 1.81. The Morgan fingerprint density at radius 2 is 1.86 bits per heavy atom. The molecule has 0 aromatic heterocycles. The Balaban J connectivity index is 1.75. The lowest BCUT2D eigenvalue weighted by molar-refractivity contribution is -0.129. The predicted molar refractivity (Wildman–Crippen MR) is 114 cm³/mol. The fourth-order valence-electron chi connectivity index (χ4n) is 3.64. The van der Waals surface area contributed by atoms with E-state index in [1.54, 1.807) is 7.11 Å². The molecule has 0 fully saturated rings. The monoisotopic (exact) mass is 397 g/mol. The molecule has 2 aromatic rings. The number of nitrogens with one attached hydrogen (secondary N) is 1. The molecular formula is C24H31NO4. The topological polar surface area (TPSA) is 56.8 Å². The Hall–Kier alpha value is -2.69. The van der Waals surface area contributed by atoms with E-state index in [2.05, 4.69) is 12.2 Å². The summed E-state index contributed by atoms with van der Waals surface area (Å²) in [5, 5.41) is 3.18. The number of ether oxygens (including phenoxy) is 3. The van der Waals surface area contributed by atoms with Crippen molar-refractivity contribution >= 4 is 5.91 Å². The van der Waals surface area contributed by atoms with Gasteiger partial charge in [-0.2, -0.15) is 0 Å². The summed E-state index contributed by atoms with van der Waals surface area (Å²) in [4.78, 5) is 13.0. The van der Waals surface area contributed by atoms with E-state index in [0.717, 1.165) is 23.5 Å². The second-order valence-electron chi connectivity index (χ2n) is 8.04. The minimum atomic E-state index is -0.546. The van der Waals surface area contributed by atoms with Gasteiger partial charge in [-0.1, -0.05) is 26.0 Å². The summed E-state index contributed by atoms with van der Waals surface area (Å²) in [6.07, 6.45) is 1.69. The molecule has 2 atom stereocenters. The molecular weight excluding hydrogens is 366 g/mol. The van der Waals surface area contributed by atoms with Gasteiger partial charge in [0.25, 0.3) is 5.91 Å². The van der Waals surface area contributed by atoms with E-state index in [1.165, 1.54) is 5.56 Å². The molecule has 1 heterocycles. The third kappa shape index (κ3) is 5.03. The first kappa shape index (κ1) is 21.0. The number of hydrogen-bond acceptors (Lipinski definition) is 4. The molecule has 156 valence electrons. The highest BCUT2D eigenvalue weighted by Crippen LogP contribution is 2.41. The molecule has 1 aliphatic rings. The zero-order valence-electron chi connectivity index (χ0n) is 18.0. The summed E-state index contributed by atoms with van der Waals surface area (Å²) < 4.78 is 17.4. The molecule has 5 nitrogen and oxygen atoms in total. The molecule has 0 radical (unpaired) electrons. The molecule has 5 heteroatoms. The summed E-state index contributed by atoms with van der Waals surface area (Å²) in [7, 11) is 1.63. The van der Waals surface area contributed by atoms with Crippen LogP contribution < -0.4 is 19.5 Å². The Kier molecular flexibility index (Phi) is 6.36. The Labute approximate surface area is 173 Å². The number of fused-ring (bicyclic) bond motifs is 1. The van der Waals surface area contributed by atoms with Gasteiger partial charge in [0.2, 0.25) is 0 Å². The Morgan fingerprint density at radius 1 is 1.17 bits per heavy atom. The molecule has 0 bridgehead atoms. The number of aryl methyl sites for hydroxylation is 1. The van der Waals surface area contributed by atoms with Crippen LogP contribution in [-0.4, -0.2) is 24.7 Å². The number of carbonyl (C=O) groups is 1. The van der Waals surface area contributed by atoms with Crippen molar-refractivity contribution in [1.29, 1.82) is 0 Å². The van der Waals surface area contributed by atoms with Crippen molar-refractivity contribution in [2.45, 2.75) is 64.7 Å². The zero-order chi connectivity index (χ0) is 21.0. The SMILES string of the molecule is CCc1ccc(O[C@H](CC)C(=O)N[C@@H]2CC(C)(C)Oc3cc(OC)ccc32)cc1. The van der Waals surface area contributed by atoms with Crippen LogP contribution in [0.4, 0.5) is 0 Å². The third-order valence-electron chi connectivity index (χ3n) is 5.27. The van der Waals surface area contributed by atoms with E-state index in [-0.39, 0.29) is 11.9 Å². The normalized spacial score (nSPS) is 18.2. The van der Waals surface area contributed by atoms with Crippen LogP contribution in [-0.2, 0) is 11.2 Å². The van der Waals surface area contributed by atoms with E-state index in [9.17, 15) is 4.79 Å². The largest absolute Gasteiger partial charge is 0.497 e. The van der Waals surface area contributed by atoms with E-state index in [4.69, 9.17) is 14.2 Å². The summed E-state index contributed by atoms with van der Waals surface area (Å²) in [5.74, 6) is 2.07. The average molecular weight is 398 g/mol. The first-order valence-electron chi connectivity index (χ1n) is 10.3. The minimum absolute atomic E-state index is 0.114. The van der Waals surface area contributed by atoms with Gasteiger partial charge in [0.05, 0.1) is 13.2 Å². The van der Waals surface area contributed by atoms with Gasteiger partial charge < -0.3 is 19.5 Å². The average Bonchev–Trinajstić information content (AvgIpc) is 2.70. The van der Waals surface area contributed by atoms with Gasteiger partial charge in [0.1, 0.15) is 22.8 Å². The second-order valence-corrected chi connectivity index (χ2v) is 8.04. The molecule has 1 aliphatic heterocycles. The van der Waals surface area contributed by atoms with Crippen molar-refractivity contribution in [3.63, 3.8) is 0 Å². The van der Waals surface area contributed by atoms with Crippen molar-refractivity contribution in [2.24, 2.45) is 0 Å². The van der Waals surface area contributed by atoms with Gasteiger partial charge >= 0.3 is 0 Å². The van der Waals surface area contributed by atoms with E-state index >= 15 is 0 Å². The molecule has 1 amide bonds. The van der Waals surface area contributed by atoms with Crippen molar-refractivity contribution in [3.05, 3.63) is 53.6 Å². The fourth-order valence-corrected chi connectivity index (χ4v) is 3.64. The lowest BCUT2D eigenvalue weighted by atomic mass is 9.89. The molecule has 1 N–H and O–H groups in total. The summed E-state index contributed by atoms with van der Waals surface area (Å²) in [6, 6.07) is 13.5.